The minimum Gasteiger partial charge on any atom is -0.389 e. The molecule has 1 aliphatic rings. The van der Waals surface area contributed by atoms with Crippen molar-refractivity contribution in [3.8, 4) is 0 Å². The van der Waals surface area contributed by atoms with Gasteiger partial charge in [0.15, 0.2) is 0 Å². The summed E-state index contributed by atoms with van der Waals surface area (Å²) in [7, 11) is 0. The third-order valence-corrected chi connectivity index (χ3v) is 3.08. The number of hydrogen-bond acceptors (Lipinski definition) is 5. The highest BCUT2D eigenvalue weighted by Crippen LogP contribution is 2.24. The van der Waals surface area contributed by atoms with E-state index in [9.17, 15) is 5.11 Å². The Kier molecular flexibility index (Phi) is 3.10. The lowest BCUT2D eigenvalue weighted by Gasteiger charge is -2.24. The van der Waals surface area contributed by atoms with Crippen LogP contribution >= 0.6 is 11.7 Å². The van der Waals surface area contributed by atoms with Gasteiger partial charge in [0, 0.05) is 19.6 Å². The van der Waals surface area contributed by atoms with Crippen molar-refractivity contribution in [2.24, 2.45) is 0 Å². The zero-order chi connectivity index (χ0) is 9.86. The molecule has 0 spiro atoms. The second-order valence-corrected chi connectivity index (χ2v) is 4.32. The van der Waals surface area contributed by atoms with Crippen LogP contribution in [0.25, 0.3) is 0 Å². The Hall–Kier alpha value is -0.520. The maximum Gasteiger partial charge on any atom is 0.0771 e. The molecule has 14 heavy (non-hydrogen) atoms. The van der Waals surface area contributed by atoms with Crippen molar-refractivity contribution in [2.75, 3.05) is 13.2 Å². The number of aliphatic hydroxyl groups is 1. The first-order valence-corrected chi connectivity index (χ1v) is 5.58. The molecule has 0 bridgehead atoms. The van der Waals surface area contributed by atoms with Crippen LogP contribution in [-0.4, -0.2) is 32.7 Å². The van der Waals surface area contributed by atoms with Crippen molar-refractivity contribution < 1.29 is 9.84 Å². The molecule has 4 nitrogen and oxygen atoms in total. The Bertz CT molecular complexity index is 268. The van der Waals surface area contributed by atoms with Crippen LogP contribution in [0.15, 0.2) is 6.20 Å². The smallest absolute Gasteiger partial charge is 0.0771 e. The van der Waals surface area contributed by atoms with Gasteiger partial charge < -0.3 is 9.84 Å². The SMILES string of the molecule is OC1(Cc2cnsn2)CCCOCC1. The summed E-state index contributed by atoms with van der Waals surface area (Å²) < 4.78 is 13.4. The van der Waals surface area contributed by atoms with Crippen molar-refractivity contribution in [1.29, 1.82) is 0 Å². The van der Waals surface area contributed by atoms with E-state index in [2.05, 4.69) is 8.75 Å². The van der Waals surface area contributed by atoms with Crippen LogP contribution in [0.1, 0.15) is 25.0 Å². The van der Waals surface area contributed by atoms with E-state index < -0.39 is 5.60 Å². The van der Waals surface area contributed by atoms with Gasteiger partial charge in [-0.25, -0.2) is 0 Å². The Balaban J connectivity index is 1.99. The van der Waals surface area contributed by atoms with Crippen LogP contribution in [0, 0.1) is 0 Å². The van der Waals surface area contributed by atoms with Gasteiger partial charge in [0.05, 0.1) is 29.2 Å². The minimum atomic E-state index is -0.633. The Morgan fingerprint density at radius 1 is 1.50 bits per heavy atom. The first-order chi connectivity index (χ1) is 6.79. The van der Waals surface area contributed by atoms with Crippen LogP contribution < -0.4 is 0 Å². The van der Waals surface area contributed by atoms with Crippen LogP contribution in [0.4, 0.5) is 0 Å². The first kappa shape index (κ1) is 10.0. The quantitative estimate of drug-likeness (QED) is 0.798. The molecular weight excluding hydrogens is 200 g/mol. The maximum atomic E-state index is 10.3. The zero-order valence-corrected chi connectivity index (χ0v) is 8.79. The predicted octanol–water partition coefficient (Wildman–Crippen LogP) is 1.01. The van der Waals surface area contributed by atoms with E-state index in [-0.39, 0.29) is 0 Å². The largest absolute Gasteiger partial charge is 0.389 e. The van der Waals surface area contributed by atoms with Gasteiger partial charge in [-0.2, -0.15) is 8.75 Å². The lowest BCUT2D eigenvalue weighted by molar-refractivity contribution is 0.0182. The van der Waals surface area contributed by atoms with Crippen LogP contribution in [0.2, 0.25) is 0 Å². The fourth-order valence-electron chi connectivity index (χ4n) is 1.77. The average molecular weight is 214 g/mol. The van der Waals surface area contributed by atoms with Crippen LogP contribution in [-0.2, 0) is 11.2 Å². The molecule has 0 aliphatic carbocycles. The monoisotopic (exact) mass is 214 g/mol. The van der Waals surface area contributed by atoms with Gasteiger partial charge in [0.25, 0.3) is 0 Å². The number of ether oxygens (including phenoxy) is 1. The highest BCUT2D eigenvalue weighted by molar-refractivity contribution is 6.99. The third-order valence-electron chi connectivity index (χ3n) is 2.56. The molecule has 2 heterocycles. The summed E-state index contributed by atoms with van der Waals surface area (Å²) in [6, 6.07) is 0. The van der Waals surface area contributed by atoms with Crippen molar-refractivity contribution in [3.63, 3.8) is 0 Å². The Morgan fingerprint density at radius 3 is 3.21 bits per heavy atom. The highest BCUT2D eigenvalue weighted by atomic mass is 32.1. The number of nitrogens with zero attached hydrogens (tertiary/aromatic N) is 2. The average Bonchev–Trinajstić information content (AvgIpc) is 2.55. The van der Waals surface area contributed by atoms with Crippen LogP contribution in [0.5, 0.6) is 0 Å². The second kappa shape index (κ2) is 4.33. The van der Waals surface area contributed by atoms with Gasteiger partial charge in [-0.1, -0.05) is 0 Å². The van der Waals surface area contributed by atoms with E-state index in [1.807, 2.05) is 0 Å². The van der Waals surface area contributed by atoms with Crippen molar-refractivity contribution in [1.82, 2.24) is 8.75 Å². The molecule has 78 valence electrons. The van der Waals surface area contributed by atoms with E-state index in [1.54, 1.807) is 6.20 Å². The van der Waals surface area contributed by atoms with Crippen molar-refractivity contribution in [3.05, 3.63) is 11.9 Å². The fraction of sp³-hybridized carbons (Fsp3) is 0.778. The topological polar surface area (TPSA) is 55.2 Å². The van der Waals surface area contributed by atoms with E-state index in [4.69, 9.17) is 4.74 Å². The molecule has 1 N–H and O–H groups in total. The summed E-state index contributed by atoms with van der Waals surface area (Å²) in [5, 5.41) is 10.3. The Labute approximate surface area is 87.2 Å². The fourth-order valence-corrected chi connectivity index (χ4v) is 2.20. The van der Waals surface area contributed by atoms with Crippen molar-refractivity contribution >= 4 is 11.7 Å². The summed E-state index contributed by atoms with van der Waals surface area (Å²) in [4.78, 5) is 0. The number of hydrogen-bond donors (Lipinski definition) is 1. The lowest BCUT2D eigenvalue weighted by Crippen LogP contribution is -2.31. The molecule has 0 radical (unpaired) electrons. The number of aromatic nitrogens is 2. The predicted molar refractivity (Wildman–Crippen MR) is 53.2 cm³/mol. The number of rotatable bonds is 2. The molecule has 5 heteroatoms. The van der Waals surface area contributed by atoms with E-state index in [0.717, 1.165) is 25.1 Å². The molecule has 1 fully saturated rings. The summed E-state index contributed by atoms with van der Waals surface area (Å²) in [5.74, 6) is 0. The minimum absolute atomic E-state index is 0.604. The van der Waals surface area contributed by atoms with Gasteiger partial charge >= 0.3 is 0 Å². The highest BCUT2D eigenvalue weighted by Gasteiger charge is 2.29. The van der Waals surface area contributed by atoms with E-state index >= 15 is 0 Å². The molecule has 2 rings (SSSR count). The molecule has 1 aromatic rings. The summed E-state index contributed by atoms with van der Waals surface area (Å²) in [6.45, 7) is 1.41. The summed E-state index contributed by atoms with van der Waals surface area (Å²) in [6.07, 6.45) is 4.75. The molecule has 0 amide bonds. The molecule has 1 saturated heterocycles. The van der Waals surface area contributed by atoms with Gasteiger partial charge in [-0.05, 0) is 19.3 Å². The molecular formula is C9H14N2O2S. The van der Waals surface area contributed by atoms with Crippen LogP contribution in [0.3, 0.4) is 0 Å². The maximum absolute atomic E-state index is 10.3. The lowest BCUT2D eigenvalue weighted by atomic mass is 9.90. The molecule has 1 aromatic heterocycles. The standard InChI is InChI=1S/C9H14N2O2S/c12-9(2-1-4-13-5-3-9)6-8-7-10-14-11-8/h7,12H,1-6H2. The van der Waals surface area contributed by atoms with Crippen molar-refractivity contribution in [2.45, 2.75) is 31.3 Å². The van der Waals surface area contributed by atoms with Gasteiger partial charge in [0.1, 0.15) is 0 Å². The van der Waals surface area contributed by atoms with Gasteiger partial charge in [0.2, 0.25) is 0 Å². The van der Waals surface area contributed by atoms with Gasteiger partial charge in [-0.3, -0.25) is 0 Å². The Morgan fingerprint density at radius 2 is 2.43 bits per heavy atom. The molecule has 0 aromatic carbocycles. The summed E-state index contributed by atoms with van der Waals surface area (Å²) >= 11 is 1.19. The summed E-state index contributed by atoms with van der Waals surface area (Å²) in [5.41, 5.74) is 0.256. The molecule has 0 saturated carbocycles. The third kappa shape index (κ3) is 2.50. The molecule has 1 atom stereocenters. The molecule has 1 aliphatic heterocycles. The first-order valence-electron chi connectivity index (χ1n) is 4.85. The normalized spacial score (nSPS) is 28.6. The molecule has 1 unspecified atom stereocenters. The zero-order valence-electron chi connectivity index (χ0n) is 7.98. The van der Waals surface area contributed by atoms with Gasteiger partial charge in [-0.15, -0.1) is 0 Å². The van der Waals surface area contributed by atoms with E-state index in [1.165, 1.54) is 11.7 Å². The van der Waals surface area contributed by atoms with E-state index in [0.29, 0.717) is 19.4 Å². The second-order valence-electron chi connectivity index (χ2n) is 3.77.